The van der Waals surface area contributed by atoms with Crippen LogP contribution < -0.4 is 10.0 Å². The van der Waals surface area contributed by atoms with Gasteiger partial charge in [-0.1, -0.05) is 62.4 Å². The van der Waals surface area contributed by atoms with E-state index < -0.39 is 10.0 Å². The average molecular weight is 423 g/mol. The molecule has 2 N–H and O–H groups in total. The second kappa shape index (κ2) is 9.59. The van der Waals surface area contributed by atoms with E-state index in [0.29, 0.717) is 23.7 Å². The first kappa shape index (κ1) is 21.6. The van der Waals surface area contributed by atoms with Crippen molar-refractivity contribution in [1.82, 2.24) is 5.32 Å². The molecule has 3 aromatic carbocycles. The molecule has 0 aliphatic carbocycles. The number of nitrogens with one attached hydrogen (secondary N) is 2. The summed E-state index contributed by atoms with van der Waals surface area (Å²) in [6, 6.07) is 24.7. The Labute approximate surface area is 178 Å². The Morgan fingerprint density at radius 1 is 0.833 bits per heavy atom. The molecule has 0 spiro atoms. The van der Waals surface area contributed by atoms with E-state index in [1.54, 1.807) is 42.5 Å². The second-order valence-electron chi connectivity index (χ2n) is 7.47. The van der Waals surface area contributed by atoms with Crippen LogP contribution in [0.3, 0.4) is 0 Å². The van der Waals surface area contributed by atoms with Crippen molar-refractivity contribution in [3.05, 3.63) is 96.1 Å². The number of carbonyl (C=O) groups is 1. The van der Waals surface area contributed by atoms with Crippen molar-refractivity contribution in [2.75, 3.05) is 11.3 Å². The standard InChI is InChI=1S/C24H26N2O3S/c1-18(2)23(19-9-5-3-6-10-19)17-25-24(27)20-13-15-21(16-14-20)26-30(28,29)22-11-7-4-8-12-22/h3-16,18,23,26H,17H2,1-2H3,(H,25,27). The zero-order valence-corrected chi connectivity index (χ0v) is 17.9. The van der Waals surface area contributed by atoms with Crippen molar-refractivity contribution >= 4 is 21.6 Å². The number of amides is 1. The molecule has 0 bridgehead atoms. The van der Waals surface area contributed by atoms with E-state index in [1.165, 1.54) is 17.7 Å². The fourth-order valence-electron chi connectivity index (χ4n) is 3.25. The lowest BCUT2D eigenvalue weighted by Crippen LogP contribution is -2.30. The van der Waals surface area contributed by atoms with Crippen molar-refractivity contribution in [3.8, 4) is 0 Å². The van der Waals surface area contributed by atoms with Crippen LogP contribution in [-0.2, 0) is 10.0 Å². The summed E-state index contributed by atoms with van der Waals surface area (Å²) >= 11 is 0. The Morgan fingerprint density at radius 2 is 1.40 bits per heavy atom. The van der Waals surface area contributed by atoms with Gasteiger partial charge < -0.3 is 5.32 Å². The lowest BCUT2D eigenvalue weighted by molar-refractivity contribution is 0.0949. The van der Waals surface area contributed by atoms with Crippen molar-refractivity contribution in [2.45, 2.75) is 24.7 Å². The van der Waals surface area contributed by atoms with Crippen molar-refractivity contribution < 1.29 is 13.2 Å². The minimum atomic E-state index is -3.66. The van der Waals surface area contributed by atoms with Crippen LogP contribution >= 0.6 is 0 Å². The normalized spacial score (nSPS) is 12.4. The van der Waals surface area contributed by atoms with Gasteiger partial charge >= 0.3 is 0 Å². The summed E-state index contributed by atoms with van der Waals surface area (Å²) in [6.07, 6.45) is 0. The smallest absolute Gasteiger partial charge is 0.261 e. The quantitative estimate of drug-likeness (QED) is 0.554. The van der Waals surface area contributed by atoms with Gasteiger partial charge in [-0.2, -0.15) is 0 Å². The summed E-state index contributed by atoms with van der Waals surface area (Å²) in [6.45, 7) is 4.80. The molecule has 0 radical (unpaired) electrons. The number of hydrogen-bond acceptors (Lipinski definition) is 3. The van der Waals surface area contributed by atoms with Gasteiger partial charge in [0.05, 0.1) is 4.90 Å². The Bertz CT molecular complexity index is 1060. The summed E-state index contributed by atoms with van der Waals surface area (Å²) in [5.74, 6) is 0.406. The zero-order chi connectivity index (χ0) is 21.6. The van der Waals surface area contributed by atoms with Crippen LogP contribution in [0, 0.1) is 5.92 Å². The number of benzene rings is 3. The molecule has 0 aliphatic heterocycles. The average Bonchev–Trinajstić information content (AvgIpc) is 2.75. The van der Waals surface area contributed by atoms with Gasteiger partial charge in [0.15, 0.2) is 0 Å². The molecule has 0 saturated heterocycles. The van der Waals surface area contributed by atoms with Crippen molar-refractivity contribution in [1.29, 1.82) is 0 Å². The van der Waals surface area contributed by atoms with E-state index in [0.717, 1.165) is 0 Å². The van der Waals surface area contributed by atoms with Crippen LogP contribution in [0.5, 0.6) is 0 Å². The van der Waals surface area contributed by atoms with Crippen LogP contribution in [-0.4, -0.2) is 20.9 Å². The topological polar surface area (TPSA) is 75.3 Å². The summed E-state index contributed by atoms with van der Waals surface area (Å²) in [4.78, 5) is 12.8. The summed E-state index contributed by atoms with van der Waals surface area (Å²) < 4.78 is 27.3. The molecule has 0 saturated carbocycles. The van der Waals surface area contributed by atoms with Gasteiger partial charge in [-0.25, -0.2) is 8.42 Å². The molecule has 6 heteroatoms. The monoisotopic (exact) mass is 422 g/mol. The van der Waals surface area contributed by atoms with Gasteiger partial charge in [-0.05, 0) is 47.9 Å². The third-order valence-electron chi connectivity index (χ3n) is 4.97. The zero-order valence-electron chi connectivity index (χ0n) is 17.1. The van der Waals surface area contributed by atoms with E-state index >= 15 is 0 Å². The summed E-state index contributed by atoms with van der Waals surface area (Å²) in [5.41, 5.74) is 2.08. The lowest BCUT2D eigenvalue weighted by atomic mass is 9.88. The van der Waals surface area contributed by atoms with Crippen LogP contribution in [0.15, 0.2) is 89.8 Å². The van der Waals surface area contributed by atoms with Gasteiger partial charge in [0.1, 0.15) is 0 Å². The highest BCUT2D eigenvalue weighted by Crippen LogP contribution is 2.23. The third kappa shape index (κ3) is 5.48. The first-order valence-electron chi connectivity index (χ1n) is 9.88. The highest BCUT2D eigenvalue weighted by Gasteiger charge is 2.18. The number of anilines is 1. The van der Waals surface area contributed by atoms with E-state index in [2.05, 4.69) is 36.0 Å². The third-order valence-corrected chi connectivity index (χ3v) is 6.37. The Kier molecular flexibility index (Phi) is 6.90. The van der Waals surface area contributed by atoms with Crippen LogP contribution in [0.2, 0.25) is 0 Å². The molecular formula is C24H26N2O3S. The molecule has 30 heavy (non-hydrogen) atoms. The number of hydrogen-bond donors (Lipinski definition) is 2. The van der Waals surface area contributed by atoms with Gasteiger partial charge in [-0.15, -0.1) is 0 Å². The lowest BCUT2D eigenvalue weighted by Gasteiger charge is -2.22. The minimum Gasteiger partial charge on any atom is -0.351 e. The molecule has 0 heterocycles. The molecule has 5 nitrogen and oxygen atoms in total. The van der Waals surface area contributed by atoms with Gasteiger partial charge in [0.2, 0.25) is 0 Å². The first-order valence-corrected chi connectivity index (χ1v) is 11.4. The largest absolute Gasteiger partial charge is 0.351 e. The molecule has 3 aromatic rings. The maximum Gasteiger partial charge on any atom is 0.261 e. The predicted molar refractivity (Wildman–Crippen MR) is 120 cm³/mol. The minimum absolute atomic E-state index is 0.186. The maximum absolute atomic E-state index is 12.6. The van der Waals surface area contributed by atoms with E-state index in [4.69, 9.17) is 0 Å². The Morgan fingerprint density at radius 3 is 1.97 bits per heavy atom. The molecule has 0 fully saturated rings. The van der Waals surface area contributed by atoms with Crippen molar-refractivity contribution in [2.24, 2.45) is 5.92 Å². The molecule has 1 amide bonds. The molecule has 3 rings (SSSR count). The Hall–Kier alpha value is -3.12. The first-order chi connectivity index (χ1) is 14.4. The molecular weight excluding hydrogens is 396 g/mol. The number of sulfonamides is 1. The molecule has 0 aliphatic rings. The van der Waals surface area contributed by atoms with E-state index in [9.17, 15) is 13.2 Å². The second-order valence-corrected chi connectivity index (χ2v) is 9.15. The predicted octanol–water partition coefficient (Wildman–Crippen LogP) is 4.66. The summed E-state index contributed by atoms with van der Waals surface area (Å²) in [7, 11) is -3.66. The Balaban J connectivity index is 1.64. The summed E-state index contributed by atoms with van der Waals surface area (Å²) in [5, 5.41) is 2.99. The highest BCUT2D eigenvalue weighted by atomic mass is 32.2. The van der Waals surface area contributed by atoms with Crippen LogP contribution in [0.25, 0.3) is 0 Å². The molecule has 0 aromatic heterocycles. The number of carbonyl (C=O) groups excluding carboxylic acids is 1. The maximum atomic E-state index is 12.6. The molecule has 1 atom stereocenters. The fraction of sp³-hybridized carbons (Fsp3) is 0.208. The van der Waals surface area contributed by atoms with Crippen LogP contribution in [0.4, 0.5) is 5.69 Å². The highest BCUT2D eigenvalue weighted by molar-refractivity contribution is 7.92. The molecule has 1 unspecified atom stereocenters. The number of rotatable bonds is 8. The van der Waals surface area contributed by atoms with Crippen LogP contribution in [0.1, 0.15) is 35.7 Å². The van der Waals surface area contributed by atoms with E-state index in [-0.39, 0.29) is 16.7 Å². The molecule has 156 valence electrons. The van der Waals surface area contributed by atoms with Crippen molar-refractivity contribution in [3.63, 3.8) is 0 Å². The SMILES string of the molecule is CC(C)C(CNC(=O)c1ccc(NS(=O)(=O)c2ccccc2)cc1)c1ccccc1. The fourth-order valence-corrected chi connectivity index (χ4v) is 4.33. The van der Waals surface area contributed by atoms with E-state index in [1.807, 2.05) is 18.2 Å². The van der Waals surface area contributed by atoms with Gasteiger partial charge in [0, 0.05) is 23.7 Å². The van der Waals surface area contributed by atoms with Gasteiger partial charge in [-0.3, -0.25) is 9.52 Å². The van der Waals surface area contributed by atoms with Gasteiger partial charge in [0.25, 0.3) is 15.9 Å².